The Hall–Kier alpha value is -1.78. The zero-order valence-corrected chi connectivity index (χ0v) is 14.7. The zero-order chi connectivity index (χ0) is 16.9. The van der Waals surface area contributed by atoms with Gasteiger partial charge in [0.05, 0.1) is 11.9 Å². The monoisotopic (exact) mass is 363 g/mol. The van der Waals surface area contributed by atoms with Crippen LogP contribution >= 0.6 is 23.2 Å². The fraction of sp³-hybridized carbons (Fsp3) is 0.333. The van der Waals surface area contributed by atoms with E-state index in [-0.39, 0.29) is 5.91 Å². The van der Waals surface area contributed by atoms with Crippen molar-refractivity contribution >= 4 is 40.5 Å². The Balaban J connectivity index is 1.62. The van der Waals surface area contributed by atoms with E-state index in [0.29, 0.717) is 27.5 Å². The first kappa shape index (κ1) is 17.1. The molecule has 1 fully saturated rings. The number of nitrogens with one attached hydrogen (secondary N) is 2. The van der Waals surface area contributed by atoms with Crippen molar-refractivity contribution in [2.24, 2.45) is 0 Å². The number of amides is 1. The first-order valence-electron chi connectivity index (χ1n) is 8.10. The van der Waals surface area contributed by atoms with E-state index in [1.165, 1.54) is 32.1 Å². The number of aromatic nitrogens is 1. The Kier molecular flexibility index (Phi) is 5.59. The van der Waals surface area contributed by atoms with Crippen molar-refractivity contribution in [1.29, 1.82) is 0 Å². The molecule has 0 saturated heterocycles. The Morgan fingerprint density at radius 1 is 1.00 bits per heavy atom. The topological polar surface area (TPSA) is 54.0 Å². The summed E-state index contributed by atoms with van der Waals surface area (Å²) < 4.78 is 0. The van der Waals surface area contributed by atoms with Gasteiger partial charge >= 0.3 is 0 Å². The van der Waals surface area contributed by atoms with Gasteiger partial charge in [-0.15, -0.1) is 0 Å². The molecule has 0 aliphatic heterocycles. The van der Waals surface area contributed by atoms with Crippen LogP contribution in [-0.4, -0.2) is 16.9 Å². The van der Waals surface area contributed by atoms with Crippen LogP contribution in [0, 0.1) is 0 Å². The predicted molar refractivity (Wildman–Crippen MR) is 99.1 cm³/mol. The Bertz CT molecular complexity index is 692. The van der Waals surface area contributed by atoms with Gasteiger partial charge in [-0.25, -0.2) is 4.98 Å². The molecular weight excluding hydrogens is 345 g/mol. The molecule has 0 atom stereocenters. The van der Waals surface area contributed by atoms with E-state index in [2.05, 4.69) is 15.6 Å². The Morgan fingerprint density at radius 2 is 1.71 bits per heavy atom. The highest BCUT2D eigenvalue weighted by Gasteiger charge is 2.14. The second kappa shape index (κ2) is 7.86. The second-order valence-electron chi connectivity index (χ2n) is 6.02. The van der Waals surface area contributed by atoms with Gasteiger partial charge < -0.3 is 10.6 Å². The molecule has 24 heavy (non-hydrogen) atoms. The van der Waals surface area contributed by atoms with Gasteiger partial charge in [-0.3, -0.25) is 4.79 Å². The third-order valence-electron chi connectivity index (χ3n) is 4.09. The van der Waals surface area contributed by atoms with Crippen molar-refractivity contribution in [3.8, 4) is 0 Å². The number of pyridine rings is 1. The molecule has 1 aromatic heterocycles. The van der Waals surface area contributed by atoms with Crippen molar-refractivity contribution in [3.63, 3.8) is 0 Å². The number of hydrogen-bond donors (Lipinski definition) is 2. The van der Waals surface area contributed by atoms with Crippen LogP contribution in [0.25, 0.3) is 0 Å². The lowest BCUT2D eigenvalue weighted by molar-refractivity contribution is 0.102. The quantitative estimate of drug-likeness (QED) is 0.765. The van der Waals surface area contributed by atoms with E-state index in [1.54, 1.807) is 30.5 Å². The van der Waals surface area contributed by atoms with E-state index in [1.807, 2.05) is 6.07 Å². The SMILES string of the molecule is O=C(Nc1cc(Cl)cc(Cl)c1)c1ccc(NC2CCCCC2)cn1. The normalized spacial score (nSPS) is 15.1. The minimum absolute atomic E-state index is 0.294. The number of hydrogen-bond acceptors (Lipinski definition) is 3. The molecule has 0 unspecified atom stereocenters. The molecule has 1 heterocycles. The summed E-state index contributed by atoms with van der Waals surface area (Å²) in [4.78, 5) is 16.5. The molecule has 1 amide bonds. The molecule has 3 rings (SSSR count). The summed E-state index contributed by atoms with van der Waals surface area (Å²) in [7, 11) is 0. The Morgan fingerprint density at radius 3 is 2.33 bits per heavy atom. The highest BCUT2D eigenvalue weighted by atomic mass is 35.5. The van der Waals surface area contributed by atoms with Crippen molar-refractivity contribution in [2.75, 3.05) is 10.6 Å². The largest absolute Gasteiger partial charge is 0.381 e. The lowest BCUT2D eigenvalue weighted by Crippen LogP contribution is -2.22. The Labute approximate surface area is 151 Å². The molecule has 6 heteroatoms. The summed E-state index contributed by atoms with van der Waals surface area (Å²) in [5.41, 5.74) is 1.84. The van der Waals surface area contributed by atoms with E-state index in [4.69, 9.17) is 23.2 Å². The third-order valence-corrected chi connectivity index (χ3v) is 4.53. The standard InChI is InChI=1S/C18H19Cl2N3O/c19-12-8-13(20)10-16(9-12)23-18(24)17-7-6-15(11-21-17)22-14-4-2-1-3-5-14/h6-11,14,22H,1-5H2,(H,23,24). The van der Waals surface area contributed by atoms with Crippen LogP contribution in [0.5, 0.6) is 0 Å². The van der Waals surface area contributed by atoms with Crippen LogP contribution in [0.1, 0.15) is 42.6 Å². The number of carbonyl (C=O) groups is 1. The lowest BCUT2D eigenvalue weighted by Gasteiger charge is -2.23. The fourth-order valence-corrected chi connectivity index (χ4v) is 3.44. The summed E-state index contributed by atoms with van der Waals surface area (Å²) in [5, 5.41) is 7.17. The second-order valence-corrected chi connectivity index (χ2v) is 6.90. The van der Waals surface area contributed by atoms with Gasteiger partial charge in [-0.1, -0.05) is 42.5 Å². The van der Waals surface area contributed by atoms with E-state index in [9.17, 15) is 4.79 Å². The number of anilines is 2. The molecule has 2 N–H and O–H groups in total. The van der Waals surface area contributed by atoms with Gasteiger partial charge in [0.1, 0.15) is 5.69 Å². The summed E-state index contributed by atoms with van der Waals surface area (Å²) >= 11 is 11.9. The average Bonchev–Trinajstić information content (AvgIpc) is 2.55. The first-order valence-corrected chi connectivity index (χ1v) is 8.86. The highest BCUT2D eigenvalue weighted by molar-refractivity contribution is 6.35. The number of halogens is 2. The number of rotatable bonds is 4. The van der Waals surface area contributed by atoms with E-state index >= 15 is 0 Å². The molecule has 1 aliphatic carbocycles. The molecule has 1 aliphatic rings. The van der Waals surface area contributed by atoms with Crippen molar-refractivity contribution in [2.45, 2.75) is 38.1 Å². The minimum atomic E-state index is -0.294. The molecule has 0 bridgehead atoms. The molecule has 126 valence electrons. The van der Waals surface area contributed by atoms with Crippen LogP contribution < -0.4 is 10.6 Å². The van der Waals surface area contributed by atoms with Crippen LogP contribution in [0.4, 0.5) is 11.4 Å². The van der Waals surface area contributed by atoms with Gasteiger partial charge in [0.15, 0.2) is 0 Å². The highest BCUT2D eigenvalue weighted by Crippen LogP contribution is 2.23. The molecule has 1 aromatic carbocycles. The summed E-state index contributed by atoms with van der Waals surface area (Å²) in [6, 6.07) is 9.01. The van der Waals surface area contributed by atoms with Crippen molar-refractivity contribution < 1.29 is 4.79 Å². The minimum Gasteiger partial charge on any atom is -0.381 e. The summed E-state index contributed by atoms with van der Waals surface area (Å²) in [6.45, 7) is 0. The van der Waals surface area contributed by atoms with Gasteiger partial charge in [0.2, 0.25) is 0 Å². The maximum absolute atomic E-state index is 12.3. The summed E-state index contributed by atoms with van der Waals surface area (Å²) in [5.74, 6) is -0.294. The average molecular weight is 364 g/mol. The molecule has 4 nitrogen and oxygen atoms in total. The number of nitrogens with zero attached hydrogens (tertiary/aromatic N) is 1. The van der Waals surface area contributed by atoms with Crippen LogP contribution in [0.3, 0.4) is 0 Å². The van der Waals surface area contributed by atoms with Gasteiger partial charge in [0.25, 0.3) is 5.91 Å². The summed E-state index contributed by atoms with van der Waals surface area (Å²) in [6.07, 6.45) is 7.95. The molecular formula is C18H19Cl2N3O. The fourth-order valence-electron chi connectivity index (χ4n) is 2.92. The maximum atomic E-state index is 12.3. The van der Waals surface area contributed by atoms with Gasteiger partial charge in [-0.2, -0.15) is 0 Å². The maximum Gasteiger partial charge on any atom is 0.274 e. The van der Waals surface area contributed by atoms with Crippen molar-refractivity contribution in [3.05, 3.63) is 52.3 Å². The van der Waals surface area contributed by atoms with Crippen molar-refractivity contribution in [1.82, 2.24) is 4.98 Å². The van der Waals surface area contributed by atoms with Gasteiger partial charge in [-0.05, 0) is 43.2 Å². The number of carbonyl (C=O) groups excluding carboxylic acids is 1. The van der Waals surface area contributed by atoms with Gasteiger partial charge in [0, 0.05) is 21.8 Å². The lowest BCUT2D eigenvalue weighted by atomic mass is 9.95. The van der Waals surface area contributed by atoms with Crippen LogP contribution in [0.2, 0.25) is 10.0 Å². The zero-order valence-electron chi connectivity index (χ0n) is 13.2. The van der Waals surface area contributed by atoms with Crippen LogP contribution in [-0.2, 0) is 0 Å². The third kappa shape index (κ3) is 4.62. The van der Waals surface area contributed by atoms with E-state index in [0.717, 1.165) is 5.69 Å². The van der Waals surface area contributed by atoms with E-state index < -0.39 is 0 Å². The van der Waals surface area contributed by atoms with Crippen LogP contribution in [0.15, 0.2) is 36.5 Å². The smallest absolute Gasteiger partial charge is 0.274 e. The molecule has 0 spiro atoms. The first-order chi connectivity index (χ1) is 11.6. The predicted octanol–water partition coefficient (Wildman–Crippen LogP) is 5.39. The molecule has 1 saturated carbocycles. The molecule has 2 aromatic rings. The number of benzene rings is 1. The molecule has 0 radical (unpaired) electrons.